The highest BCUT2D eigenvalue weighted by Gasteiger charge is 2.21. The number of aryl methyl sites for hydroxylation is 1. The Labute approximate surface area is 308 Å². The van der Waals surface area contributed by atoms with Gasteiger partial charge in [-0.1, -0.05) is 24.3 Å². The monoisotopic (exact) mass is 704 g/mol. The number of benzene rings is 4. The molecule has 10 heteroatoms. The van der Waals surface area contributed by atoms with E-state index in [1.807, 2.05) is 18.2 Å². The van der Waals surface area contributed by atoms with Crippen LogP contribution in [0, 0.1) is 0 Å². The summed E-state index contributed by atoms with van der Waals surface area (Å²) in [7, 11) is 8.97. The zero-order valence-corrected chi connectivity index (χ0v) is 31.3. The number of methoxy groups -OCH3 is 4. The van der Waals surface area contributed by atoms with Crippen molar-refractivity contribution in [3.8, 4) is 45.1 Å². The molecular weight excluding hydrogens is 653 g/mol. The van der Waals surface area contributed by atoms with Crippen LogP contribution in [-0.4, -0.2) is 126 Å². The van der Waals surface area contributed by atoms with Gasteiger partial charge in [-0.15, -0.1) is 0 Å². The highest BCUT2D eigenvalue weighted by Crippen LogP contribution is 2.39. The van der Waals surface area contributed by atoms with E-state index < -0.39 is 0 Å². The maximum absolute atomic E-state index is 5.66. The molecule has 2 aliphatic rings. The number of hydrogen-bond acceptors (Lipinski definition) is 9. The Bertz CT molecular complexity index is 1930. The van der Waals surface area contributed by atoms with E-state index in [0.717, 1.165) is 118 Å². The third-order valence-electron chi connectivity index (χ3n) is 10.7. The number of nitrogens with zero attached hydrogens (tertiary/aromatic N) is 6. The number of piperazine rings is 2. The molecule has 52 heavy (non-hydrogen) atoms. The van der Waals surface area contributed by atoms with Crippen LogP contribution in [0.25, 0.3) is 44.7 Å². The lowest BCUT2D eigenvalue weighted by Crippen LogP contribution is -2.47. The molecule has 3 heterocycles. The minimum Gasteiger partial charge on any atom is -0.493 e. The fourth-order valence-electron chi connectivity index (χ4n) is 7.52. The van der Waals surface area contributed by atoms with Crippen LogP contribution in [0.15, 0.2) is 78.9 Å². The van der Waals surface area contributed by atoms with Crippen LogP contribution in [0.3, 0.4) is 0 Å². The number of fused-ring (bicyclic) bond motifs is 1. The summed E-state index contributed by atoms with van der Waals surface area (Å²) in [5, 5.41) is 0. The Kier molecular flexibility index (Phi) is 11.3. The molecule has 5 aromatic rings. The van der Waals surface area contributed by atoms with Crippen LogP contribution in [0.5, 0.6) is 11.5 Å². The summed E-state index contributed by atoms with van der Waals surface area (Å²) in [6.45, 7) is 11.8. The maximum atomic E-state index is 5.66. The molecule has 0 aliphatic carbocycles. The molecule has 0 N–H and O–H groups in total. The third-order valence-corrected chi connectivity index (χ3v) is 10.7. The van der Waals surface area contributed by atoms with Crippen LogP contribution in [0.2, 0.25) is 0 Å². The maximum Gasteiger partial charge on any atom is 0.161 e. The van der Waals surface area contributed by atoms with Crippen molar-refractivity contribution >= 4 is 22.4 Å². The predicted octanol–water partition coefficient (Wildman–Crippen LogP) is 6.13. The number of aromatic nitrogens is 2. The largest absolute Gasteiger partial charge is 0.493 e. The highest BCUT2D eigenvalue weighted by molar-refractivity contribution is 5.98. The molecule has 4 aromatic carbocycles. The van der Waals surface area contributed by atoms with Crippen molar-refractivity contribution in [3.63, 3.8) is 0 Å². The number of anilines is 2. The predicted molar refractivity (Wildman–Crippen MR) is 211 cm³/mol. The van der Waals surface area contributed by atoms with Gasteiger partial charge in [0, 0.05) is 109 Å². The lowest BCUT2D eigenvalue weighted by atomic mass is 9.97. The van der Waals surface area contributed by atoms with Crippen LogP contribution in [0.4, 0.5) is 11.4 Å². The first kappa shape index (κ1) is 35.8. The summed E-state index contributed by atoms with van der Waals surface area (Å²) in [6, 6.07) is 28.7. The number of hydrogen-bond donors (Lipinski definition) is 0. The van der Waals surface area contributed by atoms with Crippen molar-refractivity contribution in [2.45, 2.75) is 0 Å². The first-order chi connectivity index (χ1) is 25.5. The van der Waals surface area contributed by atoms with E-state index >= 15 is 0 Å². The molecule has 0 amide bonds. The molecule has 7 rings (SSSR count). The van der Waals surface area contributed by atoms with E-state index in [1.165, 1.54) is 16.9 Å². The molecule has 2 fully saturated rings. The third kappa shape index (κ3) is 7.61. The van der Waals surface area contributed by atoms with Gasteiger partial charge in [0.15, 0.2) is 11.5 Å². The van der Waals surface area contributed by atoms with Gasteiger partial charge in [-0.3, -0.25) is 9.80 Å². The van der Waals surface area contributed by atoms with Gasteiger partial charge in [0.25, 0.3) is 0 Å². The Morgan fingerprint density at radius 2 is 1.06 bits per heavy atom. The summed E-state index contributed by atoms with van der Waals surface area (Å²) in [4.78, 5) is 15.2. The molecule has 0 saturated carbocycles. The second-order valence-electron chi connectivity index (χ2n) is 13.7. The van der Waals surface area contributed by atoms with E-state index in [0.29, 0.717) is 11.5 Å². The molecule has 274 valence electrons. The second-order valence-corrected chi connectivity index (χ2v) is 13.7. The van der Waals surface area contributed by atoms with E-state index in [4.69, 9.17) is 23.9 Å². The minimum absolute atomic E-state index is 0.680. The second kappa shape index (κ2) is 16.4. The van der Waals surface area contributed by atoms with Crippen LogP contribution in [-0.2, 0) is 16.5 Å². The van der Waals surface area contributed by atoms with Gasteiger partial charge in [0.1, 0.15) is 5.82 Å². The first-order valence-electron chi connectivity index (χ1n) is 18.4. The molecule has 0 atom stereocenters. The van der Waals surface area contributed by atoms with Gasteiger partial charge < -0.3 is 33.3 Å². The molecule has 0 unspecified atom stereocenters. The van der Waals surface area contributed by atoms with Gasteiger partial charge >= 0.3 is 0 Å². The minimum atomic E-state index is 0.680. The average Bonchev–Trinajstić information content (AvgIpc) is 3.54. The summed E-state index contributed by atoms with van der Waals surface area (Å²) < 4.78 is 24.0. The molecular formula is C42H52N6O4. The van der Waals surface area contributed by atoms with E-state index in [-0.39, 0.29) is 0 Å². The van der Waals surface area contributed by atoms with Gasteiger partial charge in [0.2, 0.25) is 0 Å². The Balaban J connectivity index is 1.21. The van der Waals surface area contributed by atoms with E-state index in [2.05, 4.69) is 91.9 Å². The lowest BCUT2D eigenvalue weighted by Gasteiger charge is -2.36. The lowest BCUT2D eigenvalue weighted by molar-refractivity contribution is 0.144. The first-order valence-corrected chi connectivity index (χ1v) is 18.4. The van der Waals surface area contributed by atoms with Crippen molar-refractivity contribution in [3.05, 3.63) is 78.9 Å². The normalized spacial score (nSPS) is 15.8. The molecule has 1 aromatic heterocycles. The van der Waals surface area contributed by atoms with Crippen molar-refractivity contribution in [1.82, 2.24) is 19.4 Å². The highest BCUT2D eigenvalue weighted by atomic mass is 16.5. The summed E-state index contributed by atoms with van der Waals surface area (Å²) >= 11 is 0. The molecule has 0 bridgehead atoms. The van der Waals surface area contributed by atoms with E-state index in [1.54, 1.807) is 28.4 Å². The molecule has 2 saturated heterocycles. The van der Waals surface area contributed by atoms with E-state index in [9.17, 15) is 0 Å². The SMILES string of the molecule is COCCN1CCN(c2ccc(-c3cc(-c4ccc(N5CCN(CCOC)CC5)cc4)c4nc(-c5ccc(OC)c(OC)c5)n(C)c4c3)cc2)CC1. The quantitative estimate of drug-likeness (QED) is 0.144. The topological polar surface area (TPSA) is 67.7 Å². The fourth-order valence-corrected chi connectivity index (χ4v) is 7.52. The van der Waals surface area contributed by atoms with Gasteiger partial charge in [-0.25, -0.2) is 4.98 Å². The van der Waals surface area contributed by atoms with Crippen LogP contribution >= 0.6 is 0 Å². The Morgan fingerprint density at radius 1 is 0.538 bits per heavy atom. The molecule has 2 aliphatic heterocycles. The summed E-state index contributed by atoms with van der Waals surface area (Å²) in [6.07, 6.45) is 0. The summed E-state index contributed by atoms with van der Waals surface area (Å²) in [5.41, 5.74) is 10.1. The zero-order chi connectivity index (χ0) is 36.0. The van der Waals surface area contributed by atoms with Gasteiger partial charge in [0.05, 0.1) is 38.5 Å². The average molecular weight is 705 g/mol. The van der Waals surface area contributed by atoms with Crippen molar-refractivity contribution < 1.29 is 18.9 Å². The Morgan fingerprint density at radius 3 is 1.58 bits per heavy atom. The molecule has 10 nitrogen and oxygen atoms in total. The van der Waals surface area contributed by atoms with Gasteiger partial charge in [-0.2, -0.15) is 0 Å². The molecule has 0 spiro atoms. The fraction of sp³-hybridized carbons (Fsp3) is 0.405. The Hall–Kier alpha value is -4.61. The van der Waals surface area contributed by atoms with Crippen molar-refractivity contribution in [2.75, 3.05) is 117 Å². The van der Waals surface area contributed by atoms with Crippen LogP contribution in [0.1, 0.15) is 0 Å². The smallest absolute Gasteiger partial charge is 0.161 e. The number of imidazole rings is 1. The van der Waals surface area contributed by atoms with Crippen molar-refractivity contribution in [2.24, 2.45) is 7.05 Å². The zero-order valence-electron chi connectivity index (χ0n) is 31.3. The van der Waals surface area contributed by atoms with Gasteiger partial charge in [-0.05, 0) is 71.3 Å². The molecule has 0 radical (unpaired) electrons. The van der Waals surface area contributed by atoms with Crippen molar-refractivity contribution in [1.29, 1.82) is 0 Å². The summed E-state index contributed by atoms with van der Waals surface area (Å²) in [5.74, 6) is 2.25. The number of rotatable bonds is 13. The number of ether oxygens (including phenoxy) is 4. The standard InChI is InChI=1S/C42H52N6O4/c1-44-38-29-34(31-6-11-35(12-7-31)47-20-16-45(17-21-47)24-26-49-2)28-37(41(38)43-42(44)33-10-15-39(51-4)40(30-33)52-5)32-8-13-36(14-9-32)48-22-18-46(19-23-48)25-27-50-3/h6-15,28-30H,16-27H2,1-5H3. The van der Waals surface area contributed by atoms with Crippen LogP contribution < -0.4 is 19.3 Å².